The van der Waals surface area contributed by atoms with Gasteiger partial charge >= 0.3 is 0 Å². The van der Waals surface area contributed by atoms with Gasteiger partial charge in [-0.3, -0.25) is 4.79 Å². The topological polar surface area (TPSA) is 57.5 Å². The monoisotopic (exact) mass is 427 g/mol. The second-order valence-electron chi connectivity index (χ2n) is 8.45. The number of nitrogens with one attached hydrogen (secondary N) is 2. The predicted molar refractivity (Wildman–Crippen MR) is 129 cm³/mol. The normalized spacial score (nSPS) is 20.0. The minimum atomic E-state index is -0.297. The summed E-state index contributed by atoms with van der Waals surface area (Å²) in [6.45, 7) is 6.31. The molecule has 2 aliphatic rings. The summed E-state index contributed by atoms with van der Waals surface area (Å²) in [5.74, 6) is 1.08. The molecule has 1 aromatic heterocycles. The number of carbonyl (C=O) groups excluding carboxylic acids is 1. The van der Waals surface area contributed by atoms with Gasteiger partial charge in [-0.1, -0.05) is 24.3 Å². The van der Waals surface area contributed by atoms with Crippen LogP contribution in [-0.2, 0) is 4.79 Å². The molecule has 2 N–H and O–H groups in total. The maximum Gasteiger partial charge on any atom is 0.163 e. The van der Waals surface area contributed by atoms with Gasteiger partial charge in [-0.25, -0.2) is 0 Å². The Hall–Kier alpha value is -3.47. The van der Waals surface area contributed by atoms with Crippen molar-refractivity contribution in [2.24, 2.45) is 0 Å². The first-order valence-corrected chi connectivity index (χ1v) is 11.4. The first kappa shape index (κ1) is 20.4. The molecular formula is C27H29N3O2. The van der Waals surface area contributed by atoms with Crippen LogP contribution in [0.5, 0.6) is 0 Å². The van der Waals surface area contributed by atoms with E-state index in [1.54, 1.807) is 6.26 Å². The molecule has 2 aromatic carbocycles. The standard InChI is InChI=1S/C27H29N3O2/c1-3-30(4-2)20-13-11-18(12-14-20)19-16-23-26(24(31)17-19)27(25-10-7-15-32-25)29-22-9-6-5-8-21(22)28-23/h5-15,19,27-29H,3-4,16-17H2,1-2H3/t19-,27+/m0/s1. The van der Waals surface area contributed by atoms with Gasteiger partial charge in [-0.15, -0.1) is 0 Å². The molecule has 164 valence electrons. The van der Waals surface area contributed by atoms with Crippen LogP contribution < -0.4 is 15.5 Å². The van der Waals surface area contributed by atoms with Crippen molar-refractivity contribution in [3.8, 4) is 0 Å². The molecule has 0 saturated heterocycles. The molecule has 32 heavy (non-hydrogen) atoms. The molecule has 0 unspecified atom stereocenters. The fourth-order valence-corrected chi connectivity index (χ4v) is 4.94. The predicted octanol–water partition coefficient (Wildman–Crippen LogP) is 6.11. The van der Waals surface area contributed by atoms with Gasteiger partial charge in [0.15, 0.2) is 5.78 Å². The van der Waals surface area contributed by atoms with Gasteiger partial charge in [0.25, 0.3) is 0 Å². The van der Waals surface area contributed by atoms with E-state index in [1.807, 2.05) is 36.4 Å². The Morgan fingerprint density at radius 1 is 0.938 bits per heavy atom. The summed E-state index contributed by atoms with van der Waals surface area (Å²) in [5, 5.41) is 7.12. The van der Waals surface area contributed by atoms with E-state index in [1.165, 1.54) is 11.3 Å². The van der Waals surface area contributed by atoms with E-state index in [-0.39, 0.29) is 17.7 Å². The molecule has 0 bridgehead atoms. The van der Waals surface area contributed by atoms with Crippen molar-refractivity contribution < 1.29 is 9.21 Å². The number of furan rings is 1. The van der Waals surface area contributed by atoms with Crippen molar-refractivity contribution in [3.05, 3.63) is 89.5 Å². The number of nitrogens with zero attached hydrogens (tertiary/aromatic N) is 1. The lowest BCUT2D eigenvalue weighted by atomic mass is 9.79. The SMILES string of the molecule is CCN(CC)c1ccc([C@@H]2CC(=O)C3=C(C2)Nc2ccccc2N[C@@H]3c2ccco2)cc1. The number of hydrogen-bond acceptors (Lipinski definition) is 5. The lowest BCUT2D eigenvalue weighted by molar-refractivity contribution is -0.116. The van der Waals surface area contributed by atoms with Crippen LogP contribution in [0.4, 0.5) is 17.1 Å². The first-order valence-electron chi connectivity index (χ1n) is 11.4. The lowest BCUT2D eigenvalue weighted by Crippen LogP contribution is -2.26. The molecule has 0 radical (unpaired) electrons. The van der Waals surface area contributed by atoms with Crippen LogP contribution in [0.25, 0.3) is 0 Å². The van der Waals surface area contributed by atoms with Crippen molar-refractivity contribution in [1.82, 2.24) is 0 Å². The highest BCUT2D eigenvalue weighted by Crippen LogP contribution is 2.44. The fourth-order valence-electron chi connectivity index (χ4n) is 4.94. The molecule has 0 fully saturated rings. The molecule has 0 spiro atoms. The van der Waals surface area contributed by atoms with Crippen LogP contribution in [0.1, 0.15) is 50.0 Å². The Morgan fingerprint density at radius 2 is 1.69 bits per heavy atom. The third-order valence-corrected chi connectivity index (χ3v) is 6.63. The minimum absolute atomic E-state index is 0.155. The summed E-state index contributed by atoms with van der Waals surface area (Å²) in [7, 11) is 0. The Balaban J connectivity index is 1.50. The maximum absolute atomic E-state index is 13.5. The molecule has 3 aromatic rings. The minimum Gasteiger partial charge on any atom is -0.467 e. The highest BCUT2D eigenvalue weighted by Gasteiger charge is 2.37. The molecule has 1 aliphatic heterocycles. The number of carbonyl (C=O) groups is 1. The van der Waals surface area contributed by atoms with Crippen LogP contribution in [0.15, 0.2) is 82.6 Å². The van der Waals surface area contributed by atoms with E-state index in [2.05, 4.69) is 53.6 Å². The highest BCUT2D eigenvalue weighted by molar-refractivity contribution is 6.01. The molecular weight excluding hydrogens is 398 g/mol. The first-order chi connectivity index (χ1) is 15.7. The van der Waals surface area contributed by atoms with Crippen LogP contribution in [0.3, 0.4) is 0 Å². The quantitative estimate of drug-likeness (QED) is 0.515. The zero-order valence-electron chi connectivity index (χ0n) is 18.6. The summed E-state index contributed by atoms with van der Waals surface area (Å²) in [4.78, 5) is 15.8. The van der Waals surface area contributed by atoms with Gasteiger partial charge < -0.3 is 20.0 Å². The van der Waals surface area contributed by atoms with E-state index in [0.29, 0.717) is 6.42 Å². The third-order valence-electron chi connectivity index (χ3n) is 6.63. The van der Waals surface area contributed by atoms with Crippen LogP contribution in [0, 0.1) is 0 Å². The second kappa shape index (κ2) is 8.58. The van der Waals surface area contributed by atoms with Gasteiger partial charge in [0.2, 0.25) is 0 Å². The summed E-state index contributed by atoms with van der Waals surface area (Å²) >= 11 is 0. The number of Topliss-reactive ketones (excluding diaryl/α,β-unsaturated/α-hetero) is 1. The smallest absolute Gasteiger partial charge is 0.163 e. The van der Waals surface area contributed by atoms with E-state index in [0.717, 1.165) is 47.9 Å². The number of hydrogen-bond donors (Lipinski definition) is 2. The number of ketones is 1. The van der Waals surface area contributed by atoms with Crippen LogP contribution in [0.2, 0.25) is 0 Å². The van der Waals surface area contributed by atoms with Crippen molar-refractivity contribution in [3.63, 3.8) is 0 Å². The average molecular weight is 428 g/mol. The fraction of sp³-hybridized carbons (Fsp3) is 0.296. The van der Waals surface area contributed by atoms with Crippen molar-refractivity contribution in [2.45, 2.75) is 38.6 Å². The molecule has 5 heteroatoms. The van der Waals surface area contributed by atoms with E-state index >= 15 is 0 Å². The van der Waals surface area contributed by atoms with Gasteiger partial charge in [0.05, 0.1) is 17.6 Å². The molecule has 0 amide bonds. The Kier molecular flexibility index (Phi) is 5.48. The second-order valence-corrected chi connectivity index (χ2v) is 8.45. The van der Waals surface area contributed by atoms with Gasteiger partial charge in [0, 0.05) is 36.5 Å². The van der Waals surface area contributed by atoms with Crippen LogP contribution >= 0.6 is 0 Å². The number of allylic oxidation sites excluding steroid dienone is 1. The molecule has 2 heterocycles. The van der Waals surface area contributed by atoms with E-state index in [9.17, 15) is 4.79 Å². The van der Waals surface area contributed by atoms with Crippen molar-refractivity contribution in [1.29, 1.82) is 0 Å². The molecule has 2 atom stereocenters. The average Bonchev–Trinajstić information content (AvgIpc) is 3.29. The summed E-state index contributed by atoms with van der Waals surface area (Å²) in [6, 6.07) is 20.3. The summed E-state index contributed by atoms with van der Waals surface area (Å²) < 4.78 is 5.73. The maximum atomic E-state index is 13.5. The lowest BCUT2D eigenvalue weighted by Gasteiger charge is -2.29. The largest absolute Gasteiger partial charge is 0.467 e. The van der Waals surface area contributed by atoms with E-state index < -0.39 is 0 Å². The third kappa shape index (κ3) is 3.68. The van der Waals surface area contributed by atoms with Crippen molar-refractivity contribution in [2.75, 3.05) is 28.6 Å². The summed E-state index contributed by atoms with van der Waals surface area (Å²) in [6.07, 6.45) is 2.95. The van der Waals surface area contributed by atoms with Gasteiger partial charge in [0.1, 0.15) is 11.8 Å². The number of anilines is 3. The van der Waals surface area contributed by atoms with Gasteiger partial charge in [-0.2, -0.15) is 0 Å². The number of fused-ring (bicyclic) bond motifs is 1. The van der Waals surface area contributed by atoms with Gasteiger partial charge in [-0.05, 0) is 68.1 Å². The molecule has 1 aliphatic carbocycles. The van der Waals surface area contributed by atoms with Crippen LogP contribution in [-0.4, -0.2) is 18.9 Å². The highest BCUT2D eigenvalue weighted by atomic mass is 16.3. The Bertz CT molecular complexity index is 1130. The molecule has 5 rings (SSSR count). The number of para-hydroxylation sites is 2. The number of benzene rings is 2. The Labute approximate surface area is 189 Å². The number of rotatable bonds is 5. The zero-order valence-corrected chi connectivity index (χ0v) is 18.6. The van der Waals surface area contributed by atoms with E-state index in [4.69, 9.17) is 4.42 Å². The summed E-state index contributed by atoms with van der Waals surface area (Å²) in [5.41, 5.74) is 6.16. The van der Waals surface area contributed by atoms with Crippen molar-refractivity contribution >= 4 is 22.8 Å². The Morgan fingerprint density at radius 3 is 2.38 bits per heavy atom. The zero-order chi connectivity index (χ0) is 22.1. The molecule has 5 nitrogen and oxygen atoms in total. The molecule has 0 saturated carbocycles.